The Balaban J connectivity index is 2.12. The number of amides is 1. The van der Waals surface area contributed by atoms with Crippen molar-refractivity contribution in [2.45, 2.75) is 78.1 Å². The molecule has 1 aliphatic rings. The molecule has 1 atom stereocenters. The first-order valence-electron chi connectivity index (χ1n) is 8.08. The molecule has 0 N–H and O–H groups in total. The molecule has 1 unspecified atom stereocenters. The summed E-state index contributed by atoms with van der Waals surface area (Å²) in [6.45, 7) is 6.49. The van der Waals surface area contributed by atoms with Gasteiger partial charge in [-0.2, -0.15) is 0 Å². The van der Waals surface area contributed by atoms with E-state index in [2.05, 4.69) is 18.7 Å². The number of hydrogen-bond acceptors (Lipinski definition) is 1. The minimum atomic E-state index is 0.355. The topological polar surface area (TPSA) is 20.3 Å². The van der Waals surface area contributed by atoms with Crippen molar-refractivity contribution in [1.29, 1.82) is 0 Å². The Bertz CT molecular complexity index is 205. The first-order chi connectivity index (χ1) is 8.79. The SMILES string of the molecule is CCCCCCC1CCN(CCCCCC)C1=O. The zero-order valence-corrected chi connectivity index (χ0v) is 12.4. The lowest BCUT2D eigenvalue weighted by Gasteiger charge is -2.16. The minimum Gasteiger partial charge on any atom is -0.342 e. The summed E-state index contributed by atoms with van der Waals surface area (Å²) in [6.07, 6.45) is 12.4. The summed E-state index contributed by atoms with van der Waals surface area (Å²) in [6, 6.07) is 0. The second kappa shape index (κ2) is 9.41. The standard InChI is InChI=1S/C16H31NO/c1-3-5-7-9-11-15-12-14-17(16(15)18)13-10-8-6-4-2/h15H,3-14H2,1-2H3. The Morgan fingerprint density at radius 3 is 2.33 bits per heavy atom. The lowest BCUT2D eigenvalue weighted by Crippen LogP contribution is -2.28. The van der Waals surface area contributed by atoms with E-state index in [1.54, 1.807) is 0 Å². The fourth-order valence-electron chi connectivity index (χ4n) is 2.84. The van der Waals surface area contributed by atoms with Crippen molar-refractivity contribution in [2.75, 3.05) is 13.1 Å². The molecule has 1 saturated heterocycles. The number of unbranched alkanes of at least 4 members (excludes halogenated alkanes) is 6. The van der Waals surface area contributed by atoms with E-state index in [1.165, 1.54) is 51.4 Å². The second-order valence-electron chi connectivity index (χ2n) is 5.72. The molecule has 0 aromatic rings. The molecule has 0 aliphatic carbocycles. The van der Waals surface area contributed by atoms with Gasteiger partial charge in [-0.15, -0.1) is 0 Å². The monoisotopic (exact) mass is 253 g/mol. The lowest BCUT2D eigenvalue weighted by atomic mass is 9.99. The van der Waals surface area contributed by atoms with Crippen LogP contribution in [0.25, 0.3) is 0 Å². The molecule has 1 heterocycles. The van der Waals surface area contributed by atoms with Gasteiger partial charge in [-0.05, 0) is 19.3 Å². The van der Waals surface area contributed by atoms with Gasteiger partial charge in [0.05, 0.1) is 0 Å². The van der Waals surface area contributed by atoms with Crippen molar-refractivity contribution < 1.29 is 4.79 Å². The van der Waals surface area contributed by atoms with E-state index in [1.807, 2.05) is 0 Å². The molecular weight excluding hydrogens is 222 g/mol. The predicted octanol–water partition coefficient (Wildman–Crippen LogP) is 4.39. The van der Waals surface area contributed by atoms with Crippen molar-refractivity contribution in [3.05, 3.63) is 0 Å². The summed E-state index contributed by atoms with van der Waals surface area (Å²) in [4.78, 5) is 14.3. The quantitative estimate of drug-likeness (QED) is 0.529. The van der Waals surface area contributed by atoms with Gasteiger partial charge in [0.1, 0.15) is 0 Å². The van der Waals surface area contributed by atoms with E-state index in [0.29, 0.717) is 11.8 Å². The van der Waals surface area contributed by atoms with Crippen LogP contribution in [-0.4, -0.2) is 23.9 Å². The Labute approximate surface area is 113 Å². The number of carbonyl (C=O) groups is 1. The van der Waals surface area contributed by atoms with Crippen molar-refractivity contribution in [2.24, 2.45) is 5.92 Å². The molecule has 0 bridgehead atoms. The molecule has 0 aromatic heterocycles. The summed E-state index contributed by atoms with van der Waals surface area (Å²) in [5, 5.41) is 0. The third-order valence-corrected chi connectivity index (χ3v) is 4.10. The van der Waals surface area contributed by atoms with Crippen LogP contribution in [0.4, 0.5) is 0 Å². The average molecular weight is 253 g/mol. The highest BCUT2D eigenvalue weighted by Crippen LogP contribution is 2.24. The number of rotatable bonds is 10. The smallest absolute Gasteiger partial charge is 0.225 e. The predicted molar refractivity (Wildman–Crippen MR) is 77.6 cm³/mol. The van der Waals surface area contributed by atoms with Crippen LogP contribution in [0.3, 0.4) is 0 Å². The van der Waals surface area contributed by atoms with Gasteiger partial charge in [0.15, 0.2) is 0 Å². The van der Waals surface area contributed by atoms with Crippen LogP contribution in [0, 0.1) is 5.92 Å². The summed E-state index contributed by atoms with van der Waals surface area (Å²) in [5.74, 6) is 0.802. The van der Waals surface area contributed by atoms with Gasteiger partial charge in [0.2, 0.25) is 5.91 Å². The van der Waals surface area contributed by atoms with Gasteiger partial charge in [0.25, 0.3) is 0 Å². The molecule has 1 amide bonds. The molecule has 2 nitrogen and oxygen atoms in total. The van der Waals surface area contributed by atoms with Crippen LogP contribution in [-0.2, 0) is 4.79 Å². The summed E-state index contributed by atoms with van der Waals surface area (Å²) in [5.41, 5.74) is 0. The molecule has 106 valence electrons. The first kappa shape index (κ1) is 15.5. The van der Waals surface area contributed by atoms with Crippen molar-refractivity contribution >= 4 is 5.91 Å². The molecule has 1 rings (SSSR count). The van der Waals surface area contributed by atoms with E-state index in [9.17, 15) is 4.79 Å². The molecule has 0 aromatic carbocycles. The van der Waals surface area contributed by atoms with Crippen molar-refractivity contribution in [3.63, 3.8) is 0 Å². The maximum Gasteiger partial charge on any atom is 0.225 e. The van der Waals surface area contributed by atoms with E-state index in [4.69, 9.17) is 0 Å². The summed E-state index contributed by atoms with van der Waals surface area (Å²) < 4.78 is 0. The minimum absolute atomic E-state index is 0.355. The molecule has 18 heavy (non-hydrogen) atoms. The van der Waals surface area contributed by atoms with E-state index in [-0.39, 0.29) is 0 Å². The van der Waals surface area contributed by atoms with Gasteiger partial charge in [-0.25, -0.2) is 0 Å². The second-order valence-corrected chi connectivity index (χ2v) is 5.72. The number of hydrogen-bond donors (Lipinski definition) is 0. The van der Waals surface area contributed by atoms with Gasteiger partial charge < -0.3 is 4.90 Å². The Morgan fingerprint density at radius 1 is 1.00 bits per heavy atom. The highest BCUT2D eigenvalue weighted by atomic mass is 16.2. The van der Waals surface area contributed by atoms with Crippen LogP contribution in [0.2, 0.25) is 0 Å². The highest BCUT2D eigenvalue weighted by Gasteiger charge is 2.30. The Hall–Kier alpha value is -0.530. The zero-order chi connectivity index (χ0) is 13.2. The first-order valence-corrected chi connectivity index (χ1v) is 8.08. The van der Waals surface area contributed by atoms with Gasteiger partial charge >= 0.3 is 0 Å². The maximum absolute atomic E-state index is 12.2. The molecule has 1 aliphatic heterocycles. The maximum atomic E-state index is 12.2. The fourth-order valence-corrected chi connectivity index (χ4v) is 2.84. The van der Waals surface area contributed by atoms with Gasteiger partial charge in [-0.3, -0.25) is 4.79 Å². The van der Waals surface area contributed by atoms with Crippen LogP contribution in [0.5, 0.6) is 0 Å². The normalized spacial score (nSPS) is 19.8. The molecule has 1 fully saturated rings. The Morgan fingerprint density at radius 2 is 1.67 bits per heavy atom. The Kier molecular flexibility index (Phi) is 8.11. The number of carbonyl (C=O) groups excluding carboxylic acids is 1. The van der Waals surface area contributed by atoms with Crippen LogP contribution < -0.4 is 0 Å². The molecule has 0 radical (unpaired) electrons. The fraction of sp³-hybridized carbons (Fsp3) is 0.938. The van der Waals surface area contributed by atoms with Crippen molar-refractivity contribution in [3.8, 4) is 0 Å². The largest absolute Gasteiger partial charge is 0.342 e. The molecule has 0 saturated carbocycles. The molecular formula is C16H31NO. The van der Waals surface area contributed by atoms with Crippen LogP contribution in [0.1, 0.15) is 78.1 Å². The zero-order valence-electron chi connectivity index (χ0n) is 12.4. The average Bonchev–Trinajstić information content (AvgIpc) is 2.72. The van der Waals surface area contributed by atoms with E-state index < -0.39 is 0 Å². The van der Waals surface area contributed by atoms with Gasteiger partial charge in [-0.1, -0.05) is 58.8 Å². The summed E-state index contributed by atoms with van der Waals surface area (Å²) in [7, 11) is 0. The van der Waals surface area contributed by atoms with E-state index >= 15 is 0 Å². The molecule has 2 heteroatoms. The lowest BCUT2D eigenvalue weighted by molar-refractivity contribution is -0.131. The van der Waals surface area contributed by atoms with Gasteiger partial charge in [0, 0.05) is 19.0 Å². The highest BCUT2D eigenvalue weighted by molar-refractivity contribution is 5.80. The van der Waals surface area contributed by atoms with Crippen LogP contribution >= 0.6 is 0 Å². The number of likely N-dealkylation sites (tertiary alicyclic amines) is 1. The third kappa shape index (κ3) is 5.41. The van der Waals surface area contributed by atoms with E-state index in [0.717, 1.165) is 25.9 Å². The summed E-state index contributed by atoms with van der Waals surface area (Å²) >= 11 is 0. The van der Waals surface area contributed by atoms with Crippen LogP contribution in [0.15, 0.2) is 0 Å². The van der Waals surface area contributed by atoms with Crippen molar-refractivity contribution in [1.82, 2.24) is 4.90 Å². The molecule has 0 spiro atoms. The third-order valence-electron chi connectivity index (χ3n) is 4.10. The number of nitrogens with zero attached hydrogens (tertiary/aromatic N) is 1.